The van der Waals surface area contributed by atoms with Crippen LogP contribution in [0.3, 0.4) is 0 Å². The zero-order valence-corrected chi connectivity index (χ0v) is 12.1. The molecular formula is C11H11BrN4O2S. The van der Waals surface area contributed by atoms with Gasteiger partial charge in [-0.2, -0.15) is 0 Å². The SMILES string of the molecule is NNc1ccc(S(=O)(=O)Nc2cncc(Br)c2)cc1. The minimum absolute atomic E-state index is 0.145. The Labute approximate surface area is 119 Å². The lowest BCUT2D eigenvalue weighted by Crippen LogP contribution is -2.13. The fourth-order valence-electron chi connectivity index (χ4n) is 1.41. The van der Waals surface area contributed by atoms with Crippen molar-refractivity contribution in [3.05, 3.63) is 47.2 Å². The highest BCUT2D eigenvalue weighted by Crippen LogP contribution is 2.19. The first kappa shape index (κ1) is 13.8. The lowest BCUT2D eigenvalue weighted by molar-refractivity contribution is 0.601. The number of nitrogens with zero attached hydrogens (tertiary/aromatic N) is 1. The highest BCUT2D eigenvalue weighted by Gasteiger charge is 2.14. The van der Waals surface area contributed by atoms with E-state index in [1.807, 2.05) is 0 Å². The van der Waals surface area contributed by atoms with E-state index in [2.05, 4.69) is 31.1 Å². The van der Waals surface area contributed by atoms with Gasteiger partial charge < -0.3 is 5.43 Å². The van der Waals surface area contributed by atoms with Crippen molar-refractivity contribution >= 4 is 37.3 Å². The van der Waals surface area contributed by atoms with Crippen LogP contribution < -0.4 is 16.0 Å². The smallest absolute Gasteiger partial charge is 0.261 e. The molecule has 0 bridgehead atoms. The molecule has 0 saturated heterocycles. The summed E-state index contributed by atoms with van der Waals surface area (Å²) in [7, 11) is -3.63. The molecule has 6 nitrogen and oxygen atoms in total. The number of anilines is 2. The minimum Gasteiger partial charge on any atom is -0.324 e. The second kappa shape index (κ2) is 5.55. The summed E-state index contributed by atoms with van der Waals surface area (Å²) in [6.45, 7) is 0. The van der Waals surface area contributed by atoms with Crippen molar-refractivity contribution in [1.29, 1.82) is 0 Å². The van der Waals surface area contributed by atoms with Gasteiger partial charge in [0.1, 0.15) is 0 Å². The summed E-state index contributed by atoms with van der Waals surface area (Å²) in [5, 5.41) is 0. The summed E-state index contributed by atoms with van der Waals surface area (Å²) in [6.07, 6.45) is 3.00. The molecule has 0 saturated carbocycles. The molecule has 1 heterocycles. The van der Waals surface area contributed by atoms with Crippen LogP contribution in [0.25, 0.3) is 0 Å². The Morgan fingerprint density at radius 3 is 2.37 bits per heavy atom. The molecule has 0 atom stereocenters. The van der Waals surface area contributed by atoms with Gasteiger partial charge in [-0.05, 0) is 46.3 Å². The van der Waals surface area contributed by atoms with Gasteiger partial charge in [-0.25, -0.2) is 8.42 Å². The first-order valence-corrected chi connectivity index (χ1v) is 7.49. The van der Waals surface area contributed by atoms with E-state index in [4.69, 9.17) is 5.84 Å². The monoisotopic (exact) mass is 342 g/mol. The molecule has 8 heteroatoms. The fraction of sp³-hybridized carbons (Fsp3) is 0. The van der Waals surface area contributed by atoms with Crippen molar-refractivity contribution in [1.82, 2.24) is 4.98 Å². The number of nitrogen functional groups attached to an aromatic ring is 1. The normalized spacial score (nSPS) is 11.1. The summed E-state index contributed by atoms with van der Waals surface area (Å²) in [4.78, 5) is 4.03. The number of halogens is 1. The van der Waals surface area contributed by atoms with E-state index < -0.39 is 10.0 Å². The van der Waals surface area contributed by atoms with Crippen molar-refractivity contribution in [3.8, 4) is 0 Å². The molecule has 1 aromatic carbocycles. The van der Waals surface area contributed by atoms with Gasteiger partial charge in [0, 0.05) is 16.4 Å². The van der Waals surface area contributed by atoms with E-state index in [-0.39, 0.29) is 4.90 Å². The molecular weight excluding hydrogens is 332 g/mol. The van der Waals surface area contributed by atoms with Crippen molar-refractivity contribution in [2.45, 2.75) is 4.90 Å². The van der Waals surface area contributed by atoms with Gasteiger partial charge in [-0.3, -0.25) is 15.5 Å². The Hall–Kier alpha value is -1.64. The summed E-state index contributed by atoms with van der Waals surface area (Å²) < 4.78 is 27.3. The van der Waals surface area contributed by atoms with Gasteiger partial charge in [-0.15, -0.1) is 0 Å². The first-order valence-electron chi connectivity index (χ1n) is 5.21. The number of nitrogens with one attached hydrogen (secondary N) is 2. The molecule has 0 aliphatic carbocycles. The van der Waals surface area contributed by atoms with Gasteiger partial charge in [0.05, 0.1) is 16.8 Å². The summed E-state index contributed by atoms with van der Waals surface area (Å²) in [5.41, 5.74) is 3.44. The molecule has 2 aromatic rings. The molecule has 0 radical (unpaired) electrons. The third kappa shape index (κ3) is 3.43. The molecule has 0 fully saturated rings. The average Bonchev–Trinajstić information content (AvgIpc) is 2.38. The molecule has 4 N–H and O–H groups in total. The zero-order chi connectivity index (χ0) is 13.9. The maximum atomic E-state index is 12.1. The summed E-state index contributed by atoms with van der Waals surface area (Å²) >= 11 is 3.23. The number of rotatable bonds is 4. The number of hydrazine groups is 1. The van der Waals surface area contributed by atoms with E-state index in [0.717, 1.165) is 0 Å². The second-order valence-electron chi connectivity index (χ2n) is 3.67. The molecule has 2 rings (SSSR count). The largest absolute Gasteiger partial charge is 0.324 e. The van der Waals surface area contributed by atoms with Crippen molar-refractivity contribution in [2.75, 3.05) is 10.1 Å². The van der Waals surface area contributed by atoms with Gasteiger partial charge in [-0.1, -0.05) is 0 Å². The zero-order valence-electron chi connectivity index (χ0n) is 9.67. The average molecular weight is 343 g/mol. The first-order chi connectivity index (χ1) is 9.01. The minimum atomic E-state index is -3.63. The van der Waals surface area contributed by atoms with E-state index in [1.54, 1.807) is 24.4 Å². The van der Waals surface area contributed by atoms with Gasteiger partial charge >= 0.3 is 0 Å². The van der Waals surface area contributed by atoms with Crippen molar-refractivity contribution in [3.63, 3.8) is 0 Å². The number of aromatic nitrogens is 1. The number of hydrogen-bond acceptors (Lipinski definition) is 5. The molecule has 0 unspecified atom stereocenters. The van der Waals surface area contributed by atoms with Gasteiger partial charge in [0.15, 0.2) is 0 Å². The van der Waals surface area contributed by atoms with Crippen LogP contribution in [0.4, 0.5) is 11.4 Å². The third-order valence-corrected chi connectivity index (χ3v) is 4.12. The van der Waals surface area contributed by atoms with Crippen LogP contribution in [0.15, 0.2) is 52.1 Å². The highest BCUT2D eigenvalue weighted by molar-refractivity contribution is 9.10. The molecule has 100 valence electrons. The van der Waals surface area contributed by atoms with Crippen LogP contribution in [0.2, 0.25) is 0 Å². The second-order valence-corrected chi connectivity index (χ2v) is 6.26. The Morgan fingerprint density at radius 2 is 1.79 bits per heavy atom. The van der Waals surface area contributed by atoms with Crippen molar-refractivity contribution < 1.29 is 8.42 Å². The Balaban J connectivity index is 2.27. The predicted molar refractivity (Wildman–Crippen MR) is 77.0 cm³/mol. The summed E-state index contributed by atoms with van der Waals surface area (Å²) in [5.74, 6) is 5.22. The van der Waals surface area contributed by atoms with Crippen LogP contribution >= 0.6 is 15.9 Å². The highest BCUT2D eigenvalue weighted by atomic mass is 79.9. The predicted octanol–water partition coefficient (Wildman–Crippen LogP) is 1.93. The standard InChI is InChI=1S/C11H11BrN4O2S/c12-8-5-10(7-14-6-8)16-19(17,18)11-3-1-9(15-13)2-4-11/h1-7,15-16H,13H2. The number of hydrogen-bond donors (Lipinski definition) is 3. The number of sulfonamides is 1. The fourth-order valence-corrected chi connectivity index (χ4v) is 2.81. The lowest BCUT2D eigenvalue weighted by Gasteiger charge is -2.08. The Bertz CT molecular complexity index is 673. The lowest BCUT2D eigenvalue weighted by atomic mass is 10.3. The van der Waals surface area contributed by atoms with Crippen molar-refractivity contribution in [2.24, 2.45) is 5.84 Å². The van der Waals surface area contributed by atoms with Gasteiger partial charge in [0.25, 0.3) is 10.0 Å². The maximum Gasteiger partial charge on any atom is 0.261 e. The summed E-state index contributed by atoms with van der Waals surface area (Å²) in [6, 6.07) is 7.70. The number of benzene rings is 1. The molecule has 19 heavy (non-hydrogen) atoms. The van der Waals surface area contributed by atoms with Gasteiger partial charge in [0.2, 0.25) is 0 Å². The Kier molecular flexibility index (Phi) is 4.03. The van der Waals surface area contributed by atoms with E-state index in [9.17, 15) is 8.42 Å². The molecule has 0 aliphatic rings. The van der Waals surface area contributed by atoms with Crippen LogP contribution in [-0.2, 0) is 10.0 Å². The van der Waals surface area contributed by atoms with E-state index in [0.29, 0.717) is 15.8 Å². The Morgan fingerprint density at radius 1 is 1.11 bits per heavy atom. The van der Waals surface area contributed by atoms with Crippen LogP contribution in [0.5, 0.6) is 0 Å². The number of nitrogens with two attached hydrogens (primary N) is 1. The van der Waals surface area contributed by atoms with Crippen LogP contribution in [-0.4, -0.2) is 13.4 Å². The van der Waals surface area contributed by atoms with E-state index in [1.165, 1.54) is 18.3 Å². The topological polar surface area (TPSA) is 97.1 Å². The van der Waals surface area contributed by atoms with Crippen LogP contribution in [0.1, 0.15) is 0 Å². The maximum absolute atomic E-state index is 12.1. The quantitative estimate of drug-likeness (QED) is 0.582. The molecule has 1 aromatic heterocycles. The third-order valence-electron chi connectivity index (χ3n) is 2.29. The van der Waals surface area contributed by atoms with E-state index >= 15 is 0 Å². The number of pyridine rings is 1. The van der Waals surface area contributed by atoms with Crippen LogP contribution in [0, 0.1) is 0 Å². The molecule has 0 spiro atoms. The molecule has 0 amide bonds. The molecule has 0 aliphatic heterocycles.